The SMILES string of the molecule is CC(=O)Nc1ccc(Nc2nccc(-c3ccc(N4CCC(C(=O)O)CC4N)c(C#N)c3)n2)cn1. The lowest BCUT2D eigenvalue weighted by molar-refractivity contribution is -0.142. The second-order valence-corrected chi connectivity index (χ2v) is 8.17. The minimum Gasteiger partial charge on any atom is -0.481 e. The molecule has 1 aliphatic rings. The number of benzene rings is 1. The first-order valence-corrected chi connectivity index (χ1v) is 11.0. The van der Waals surface area contributed by atoms with Crippen molar-refractivity contribution in [1.29, 1.82) is 5.26 Å². The molecule has 5 N–H and O–H groups in total. The van der Waals surface area contributed by atoms with Gasteiger partial charge in [-0.1, -0.05) is 6.07 Å². The summed E-state index contributed by atoms with van der Waals surface area (Å²) in [5.74, 6) is -0.743. The highest BCUT2D eigenvalue weighted by molar-refractivity contribution is 5.87. The summed E-state index contributed by atoms with van der Waals surface area (Å²) in [5, 5.41) is 24.7. The second kappa shape index (κ2) is 10.1. The topological polar surface area (TPSA) is 170 Å². The third-order valence-corrected chi connectivity index (χ3v) is 5.70. The molecule has 1 saturated heterocycles. The summed E-state index contributed by atoms with van der Waals surface area (Å²) >= 11 is 0. The van der Waals surface area contributed by atoms with Crippen molar-refractivity contribution in [1.82, 2.24) is 15.0 Å². The van der Waals surface area contributed by atoms with Crippen LogP contribution in [0.2, 0.25) is 0 Å². The first-order valence-electron chi connectivity index (χ1n) is 11.0. The predicted molar refractivity (Wildman–Crippen MR) is 130 cm³/mol. The van der Waals surface area contributed by atoms with E-state index in [0.717, 1.165) is 5.56 Å². The molecule has 1 aliphatic heterocycles. The molecule has 1 fully saturated rings. The van der Waals surface area contributed by atoms with Crippen LogP contribution in [-0.2, 0) is 9.59 Å². The number of nitrogens with two attached hydrogens (primary N) is 1. The van der Waals surface area contributed by atoms with Crippen molar-refractivity contribution in [2.75, 3.05) is 22.1 Å². The van der Waals surface area contributed by atoms with Crippen LogP contribution < -0.4 is 21.3 Å². The van der Waals surface area contributed by atoms with Gasteiger partial charge in [-0.3, -0.25) is 9.59 Å². The third kappa shape index (κ3) is 5.51. The standard InChI is InChI=1S/C24H24N8O3/c1-14(33)29-22-5-3-18(13-28-22)30-24-27-8-6-19(31-24)15-2-4-20(17(10-15)12-25)32-9-7-16(23(34)35)11-21(32)26/h2-6,8,10,13,16,21H,7,9,11,26H2,1H3,(H,34,35)(H,27,30,31)(H,28,29,33). The molecule has 1 aromatic carbocycles. The molecule has 3 heterocycles. The minimum atomic E-state index is -0.844. The van der Waals surface area contributed by atoms with Crippen LogP contribution in [0.1, 0.15) is 25.3 Å². The lowest BCUT2D eigenvalue weighted by Crippen LogP contribution is -2.49. The van der Waals surface area contributed by atoms with E-state index in [1.165, 1.54) is 6.92 Å². The van der Waals surface area contributed by atoms with Crippen LogP contribution in [0.3, 0.4) is 0 Å². The molecule has 0 spiro atoms. The fourth-order valence-corrected chi connectivity index (χ4v) is 3.99. The highest BCUT2D eigenvalue weighted by atomic mass is 16.4. The molecule has 35 heavy (non-hydrogen) atoms. The molecule has 0 saturated carbocycles. The summed E-state index contributed by atoms with van der Waals surface area (Å²) in [4.78, 5) is 37.3. The molecule has 0 radical (unpaired) electrons. The summed E-state index contributed by atoms with van der Waals surface area (Å²) in [6.45, 7) is 1.87. The first-order chi connectivity index (χ1) is 16.8. The maximum Gasteiger partial charge on any atom is 0.306 e. The smallest absolute Gasteiger partial charge is 0.306 e. The molecule has 3 aromatic rings. The van der Waals surface area contributed by atoms with Crippen LogP contribution in [0.15, 0.2) is 48.8 Å². The maximum atomic E-state index is 11.3. The monoisotopic (exact) mass is 472 g/mol. The van der Waals surface area contributed by atoms with Gasteiger partial charge in [-0.15, -0.1) is 0 Å². The zero-order valence-corrected chi connectivity index (χ0v) is 19.0. The van der Waals surface area contributed by atoms with Gasteiger partial charge in [0, 0.05) is 25.2 Å². The van der Waals surface area contributed by atoms with E-state index >= 15 is 0 Å². The Hall–Kier alpha value is -4.56. The average Bonchev–Trinajstić information content (AvgIpc) is 2.84. The average molecular weight is 473 g/mol. The largest absolute Gasteiger partial charge is 0.481 e. The van der Waals surface area contributed by atoms with Gasteiger partial charge in [0.2, 0.25) is 11.9 Å². The van der Waals surface area contributed by atoms with E-state index in [9.17, 15) is 20.0 Å². The van der Waals surface area contributed by atoms with Crippen LogP contribution in [0.25, 0.3) is 11.3 Å². The molecule has 0 bridgehead atoms. The van der Waals surface area contributed by atoms with Gasteiger partial charge in [0.05, 0.1) is 40.9 Å². The number of aliphatic carboxylic acids is 1. The Balaban J connectivity index is 1.53. The van der Waals surface area contributed by atoms with Crippen LogP contribution >= 0.6 is 0 Å². The number of nitriles is 1. The molecule has 2 aromatic heterocycles. The Labute approximate surface area is 201 Å². The van der Waals surface area contributed by atoms with E-state index in [-0.39, 0.29) is 5.91 Å². The quantitative estimate of drug-likeness (QED) is 0.418. The fourth-order valence-electron chi connectivity index (χ4n) is 3.99. The zero-order valence-electron chi connectivity index (χ0n) is 19.0. The number of carbonyl (C=O) groups excluding carboxylic acids is 1. The van der Waals surface area contributed by atoms with Gasteiger partial charge in [-0.25, -0.2) is 15.0 Å². The van der Waals surface area contributed by atoms with E-state index < -0.39 is 18.1 Å². The second-order valence-electron chi connectivity index (χ2n) is 8.17. The molecule has 4 rings (SSSR count). The van der Waals surface area contributed by atoms with Gasteiger partial charge in [-0.05, 0) is 43.2 Å². The summed E-state index contributed by atoms with van der Waals surface area (Å²) in [5.41, 5.74) is 9.32. The summed E-state index contributed by atoms with van der Waals surface area (Å²) in [6.07, 6.45) is 3.47. The third-order valence-electron chi connectivity index (χ3n) is 5.70. The van der Waals surface area contributed by atoms with Crippen molar-refractivity contribution in [3.63, 3.8) is 0 Å². The Kier molecular flexibility index (Phi) is 6.84. The van der Waals surface area contributed by atoms with Gasteiger partial charge in [0.25, 0.3) is 0 Å². The van der Waals surface area contributed by atoms with E-state index in [2.05, 4.69) is 31.7 Å². The number of carbonyl (C=O) groups is 2. The van der Waals surface area contributed by atoms with Crippen molar-refractivity contribution in [2.24, 2.45) is 11.7 Å². The molecular weight excluding hydrogens is 448 g/mol. The Morgan fingerprint density at radius 2 is 2.06 bits per heavy atom. The highest BCUT2D eigenvalue weighted by Crippen LogP contribution is 2.31. The number of rotatable bonds is 6. The molecular formula is C24H24N8O3. The van der Waals surface area contributed by atoms with Gasteiger partial charge in [0.15, 0.2) is 0 Å². The fraction of sp³-hybridized carbons (Fsp3) is 0.250. The number of hydrogen-bond acceptors (Lipinski definition) is 9. The van der Waals surface area contributed by atoms with Crippen molar-refractivity contribution in [2.45, 2.75) is 25.9 Å². The lowest BCUT2D eigenvalue weighted by Gasteiger charge is -2.38. The van der Waals surface area contributed by atoms with Crippen molar-refractivity contribution >= 4 is 35.0 Å². The number of carboxylic acid groups (broad SMARTS) is 1. The van der Waals surface area contributed by atoms with Crippen molar-refractivity contribution in [3.8, 4) is 17.3 Å². The normalized spacial score (nSPS) is 17.3. The molecule has 11 heteroatoms. The lowest BCUT2D eigenvalue weighted by atomic mass is 9.93. The van der Waals surface area contributed by atoms with E-state index in [4.69, 9.17) is 5.73 Å². The van der Waals surface area contributed by atoms with Crippen LogP contribution in [-0.4, -0.2) is 44.6 Å². The molecule has 1 amide bonds. The Morgan fingerprint density at radius 3 is 2.71 bits per heavy atom. The summed E-state index contributed by atoms with van der Waals surface area (Å²) in [6, 6.07) is 12.8. The molecule has 178 valence electrons. The minimum absolute atomic E-state index is 0.205. The van der Waals surface area contributed by atoms with Gasteiger partial charge in [0.1, 0.15) is 11.9 Å². The molecule has 2 unspecified atom stereocenters. The predicted octanol–water partition coefficient (Wildman–Crippen LogP) is 2.70. The number of carboxylic acids is 1. The number of pyridine rings is 1. The van der Waals surface area contributed by atoms with Crippen LogP contribution in [0.5, 0.6) is 0 Å². The highest BCUT2D eigenvalue weighted by Gasteiger charge is 2.31. The number of aromatic nitrogens is 3. The Bertz CT molecular complexity index is 1290. The van der Waals surface area contributed by atoms with Gasteiger partial charge in [-0.2, -0.15) is 5.26 Å². The van der Waals surface area contributed by atoms with E-state index in [0.29, 0.717) is 53.8 Å². The summed E-state index contributed by atoms with van der Waals surface area (Å²) in [7, 11) is 0. The number of amides is 1. The number of anilines is 4. The van der Waals surface area contributed by atoms with Crippen LogP contribution in [0.4, 0.5) is 23.1 Å². The number of piperidine rings is 1. The molecule has 2 atom stereocenters. The van der Waals surface area contributed by atoms with Crippen LogP contribution in [0, 0.1) is 17.2 Å². The van der Waals surface area contributed by atoms with Gasteiger partial charge >= 0.3 is 5.97 Å². The first kappa shape index (κ1) is 23.6. The zero-order chi connectivity index (χ0) is 24.9. The molecule has 11 nitrogen and oxygen atoms in total. The maximum absolute atomic E-state index is 11.3. The van der Waals surface area contributed by atoms with Crippen molar-refractivity contribution in [3.05, 3.63) is 54.4 Å². The number of hydrogen-bond donors (Lipinski definition) is 4. The summed E-state index contributed by atoms with van der Waals surface area (Å²) < 4.78 is 0. The van der Waals surface area contributed by atoms with Crippen molar-refractivity contribution < 1.29 is 14.7 Å². The number of nitrogens with zero attached hydrogens (tertiary/aromatic N) is 5. The van der Waals surface area contributed by atoms with E-state index in [1.54, 1.807) is 36.7 Å². The van der Waals surface area contributed by atoms with E-state index in [1.807, 2.05) is 17.0 Å². The number of nitrogens with one attached hydrogen (secondary N) is 2. The molecule has 0 aliphatic carbocycles. The van der Waals surface area contributed by atoms with Gasteiger partial charge < -0.3 is 26.4 Å². The Morgan fingerprint density at radius 1 is 1.23 bits per heavy atom.